The van der Waals surface area contributed by atoms with Crippen LogP contribution in [0.2, 0.25) is 0 Å². The summed E-state index contributed by atoms with van der Waals surface area (Å²) in [6, 6.07) is 0. The molecule has 0 aliphatic rings. The van der Waals surface area contributed by atoms with E-state index in [1.54, 1.807) is 0 Å². The minimum atomic E-state index is -0.455. The maximum absolute atomic E-state index is 11.2. The number of carbonyl (C=O) groups excluding carboxylic acids is 2. The van der Waals surface area contributed by atoms with E-state index in [0.29, 0.717) is 24.0 Å². The smallest absolute Gasteiger partial charge is 0.334 e. The van der Waals surface area contributed by atoms with Crippen LogP contribution in [-0.4, -0.2) is 25.2 Å². The molecule has 0 aliphatic heterocycles. The largest absolute Gasteiger partial charge is 0.449 e. The van der Waals surface area contributed by atoms with Gasteiger partial charge in [-0.2, -0.15) is 0 Å². The Kier molecular flexibility index (Phi) is 8.04. The molecule has 0 aliphatic carbocycles. The highest BCUT2D eigenvalue weighted by molar-refractivity contribution is 5.88. The highest BCUT2D eigenvalue weighted by Crippen LogP contribution is 1.99. The molecular formula is C14H18O4. The Morgan fingerprint density at radius 2 is 1.22 bits per heavy atom. The third kappa shape index (κ3) is 6.54. The first kappa shape index (κ1) is 16.0. The number of ether oxygens (including phenoxy) is 2. The van der Waals surface area contributed by atoms with Gasteiger partial charge >= 0.3 is 11.9 Å². The van der Waals surface area contributed by atoms with E-state index in [4.69, 9.17) is 9.47 Å². The highest BCUT2D eigenvalue weighted by Gasteiger charge is 2.05. The summed E-state index contributed by atoms with van der Waals surface area (Å²) in [6.45, 7) is 10.6. The molecule has 98 valence electrons. The third-order valence-electron chi connectivity index (χ3n) is 2.11. The van der Waals surface area contributed by atoms with E-state index in [9.17, 15) is 9.59 Å². The molecule has 0 unspecified atom stereocenters. The average Bonchev–Trinajstić information content (AvgIpc) is 2.39. The average molecular weight is 250 g/mol. The topological polar surface area (TPSA) is 52.6 Å². The van der Waals surface area contributed by atoms with Crippen molar-refractivity contribution >= 4 is 11.9 Å². The second-order valence-corrected chi connectivity index (χ2v) is 3.42. The number of hydrogen-bond donors (Lipinski definition) is 0. The lowest BCUT2D eigenvalue weighted by molar-refractivity contribution is -0.138. The van der Waals surface area contributed by atoms with E-state index < -0.39 is 11.9 Å². The summed E-state index contributed by atoms with van der Waals surface area (Å²) in [7, 11) is 0. The summed E-state index contributed by atoms with van der Waals surface area (Å²) in [5.41, 5.74) is 0.810. The van der Waals surface area contributed by atoms with Gasteiger partial charge in [-0.05, 0) is 12.8 Å². The molecule has 18 heavy (non-hydrogen) atoms. The summed E-state index contributed by atoms with van der Waals surface area (Å²) in [4.78, 5) is 22.3. The molecule has 0 heterocycles. The number of esters is 2. The molecule has 0 atom stereocenters. The van der Waals surface area contributed by atoms with Crippen molar-refractivity contribution in [2.75, 3.05) is 13.2 Å². The van der Waals surface area contributed by atoms with Crippen LogP contribution in [0.5, 0.6) is 0 Å². The van der Waals surface area contributed by atoms with Crippen molar-refractivity contribution < 1.29 is 19.1 Å². The fourth-order valence-corrected chi connectivity index (χ4v) is 0.798. The summed E-state index contributed by atoms with van der Waals surface area (Å²) in [5.74, 6) is 4.22. The van der Waals surface area contributed by atoms with Crippen LogP contribution in [0.25, 0.3) is 0 Å². The van der Waals surface area contributed by atoms with Crippen LogP contribution in [0.3, 0.4) is 0 Å². The molecule has 4 nitrogen and oxygen atoms in total. The van der Waals surface area contributed by atoms with E-state index in [1.165, 1.54) is 0 Å². The Balaban J connectivity index is 3.81. The summed E-state index contributed by atoms with van der Waals surface area (Å²) >= 11 is 0. The quantitative estimate of drug-likeness (QED) is 0.411. The first-order valence-corrected chi connectivity index (χ1v) is 5.68. The number of carbonyl (C=O) groups is 2. The van der Waals surface area contributed by atoms with E-state index in [0.717, 1.165) is 0 Å². The van der Waals surface area contributed by atoms with Crippen LogP contribution in [0.1, 0.15) is 26.7 Å². The highest BCUT2D eigenvalue weighted by atomic mass is 16.5. The van der Waals surface area contributed by atoms with Gasteiger partial charge in [-0.15, -0.1) is 0 Å². The molecule has 0 amide bonds. The van der Waals surface area contributed by atoms with Crippen LogP contribution < -0.4 is 0 Å². The molecule has 0 aromatic rings. The van der Waals surface area contributed by atoms with Crippen LogP contribution in [0.4, 0.5) is 0 Å². The minimum absolute atomic E-state index is 0.0376. The minimum Gasteiger partial charge on any atom is -0.449 e. The SMILES string of the molecule is C=C(CC)C(=O)OCC#CCOC(=O)C(=C)CC. The van der Waals surface area contributed by atoms with Gasteiger partial charge in [-0.25, -0.2) is 9.59 Å². The normalized spacial score (nSPS) is 8.78. The molecule has 0 N–H and O–H groups in total. The van der Waals surface area contributed by atoms with Crippen molar-refractivity contribution in [3.05, 3.63) is 24.3 Å². The lowest BCUT2D eigenvalue weighted by atomic mass is 10.2. The predicted molar refractivity (Wildman–Crippen MR) is 68.6 cm³/mol. The Hall–Kier alpha value is -2.02. The fraction of sp³-hybridized carbons (Fsp3) is 0.429. The summed E-state index contributed by atoms with van der Waals surface area (Å²) in [5, 5.41) is 0. The molecule has 0 radical (unpaired) electrons. The van der Waals surface area contributed by atoms with Crippen molar-refractivity contribution in [2.45, 2.75) is 26.7 Å². The monoisotopic (exact) mass is 250 g/mol. The fourth-order valence-electron chi connectivity index (χ4n) is 0.798. The second-order valence-electron chi connectivity index (χ2n) is 3.42. The third-order valence-corrected chi connectivity index (χ3v) is 2.11. The van der Waals surface area contributed by atoms with E-state index in [-0.39, 0.29) is 13.2 Å². The Bertz CT molecular complexity index is 360. The van der Waals surface area contributed by atoms with Gasteiger partial charge in [-0.3, -0.25) is 0 Å². The van der Waals surface area contributed by atoms with Crippen molar-refractivity contribution in [1.29, 1.82) is 0 Å². The zero-order valence-corrected chi connectivity index (χ0v) is 10.9. The van der Waals surface area contributed by atoms with Gasteiger partial charge < -0.3 is 9.47 Å². The molecule has 0 spiro atoms. The van der Waals surface area contributed by atoms with Gasteiger partial charge in [0.1, 0.15) is 0 Å². The first-order valence-electron chi connectivity index (χ1n) is 5.68. The molecule has 0 saturated carbocycles. The van der Waals surface area contributed by atoms with E-state index >= 15 is 0 Å². The Morgan fingerprint density at radius 3 is 1.50 bits per heavy atom. The van der Waals surface area contributed by atoms with Gasteiger partial charge in [0, 0.05) is 11.1 Å². The predicted octanol–water partition coefficient (Wildman–Crippen LogP) is 2.01. The number of rotatable bonds is 6. The van der Waals surface area contributed by atoms with Gasteiger partial charge in [-0.1, -0.05) is 38.8 Å². The van der Waals surface area contributed by atoms with Crippen LogP contribution in [-0.2, 0) is 19.1 Å². The van der Waals surface area contributed by atoms with Crippen molar-refractivity contribution in [2.24, 2.45) is 0 Å². The van der Waals surface area contributed by atoms with Gasteiger partial charge in [0.25, 0.3) is 0 Å². The van der Waals surface area contributed by atoms with Crippen molar-refractivity contribution in [3.63, 3.8) is 0 Å². The zero-order valence-electron chi connectivity index (χ0n) is 10.9. The molecule has 0 aromatic carbocycles. The zero-order chi connectivity index (χ0) is 14.0. The Morgan fingerprint density at radius 1 is 0.889 bits per heavy atom. The van der Waals surface area contributed by atoms with E-state index in [1.807, 2.05) is 13.8 Å². The second kappa shape index (κ2) is 9.06. The van der Waals surface area contributed by atoms with E-state index in [2.05, 4.69) is 25.0 Å². The van der Waals surface area contributed by atoms with Gasteiger partial charge in [0.05, 0.1) is 0 Å². The van der Waals surface area contributed by atoms with Crippen molar-refractivity contribution in [1.82, 2.24) is 0 Å². The summed E-state index contributed by atoms with van der Waals surface area (Å²) < 4.78 is 9.60. The van der Waals surface area contributed by atoms with Crippen LogP contribution >= 0.6 is 0 Å². The Labute approximate surface area is 108 Å². The van der Waals surface area contributed by atoms with Gasteiger partial charge in [0.2, 0.25) is 0 Å². The first-order chi connectivity index (χ1) is 8.52. The molecule has 0 aromatic heterocycles. The maximum Gasteiger partial charge on any atom is 0.334 e. The molecule has 0 saturated heterocycles. The standard InChI is InChI=1S/C14H18O4/c1-5-11(3)13(15)17-9-7-8-10-18-14(16)12(4)6-2/h3-6,9-10H2,1-2H3. The lowest BCUT2D eigenvalue weighted by Gasteiger charge is -2.01. The lowest BCUT2D eigenvalue weighted by Crippen LogP contribution is -2.08. The van der Waals surface area contributed by atoms with Crippen LogP contribution in [0, 0.1) is 11.8 Å². The molecular weight excluding hydrogens is 232 g/mol. The van der Waals surface area contributed by atoms with Crippen LogP contribution in [0.15, 0.2) is 24.3 Å². The molecule has 4 heteroatoms. The maximum atomic E-state index is 11.2. The number of hydrogen-bond acceptors (Lipinski definition) is 4. The molecule has 0 bridgehead atoms. The van der Waals surface area contributed by atoms with Gasteiger partial charge in [0.15, 0.2) is 13.2 Å². The van der Waals surface area contributed by atoms with Crippen molar-refractivity contribution in [3.8, 4) is 11.8 Å². The summed E-state index contributed by atoms with van der Waals surface area (Å²) in [6.07, 6.45) is 1.09. The molecule has 0 rings (SSSR count). The molecule has 0 fully saturated rings.